The normalized spacial score (nSPS) is 10.3. The van der Waals surface area contributed by atoms with Crippen LogP contribution < -0.4 is 10.6 Å². The maximum Gasteiger partial charge on any atom is 0.337 e. The highest BCUT2D eigenvalue weighted by Gasteiger charge is 2.07. The van der Waals surface area contributed by atoms with Gasteiger partial charge >= 0.3 is 5.97 Å². The number of esters is 1. The topological polar surface area (TPSA) is 89.0 Å². The Morgan fingerprint density at radius 3 is 2.54 bits per heavy atom. The SMILES string of the molecule is COC(=O)c1ccc(Nc2cnnc(Nc3ccc(F)c(Cl)c3)n2)cc1. The summed E-state index contributed by atoms with van der Waals surface area (Å²) in [7, 11) is 1.32. The third-order valence-electron chi connectivity index (χ3n) is 3.31. The summed E-state index contributed by atoms with van der Waals surface area (Å²) in [6.07, 6.45) is 1.44. The summed E-state index contributed by atoms with van der Waals surface area (Å²) in [4.78, 5) is 15.7. The highest BCUT2D eigenvalue weighted by atomic mass is 35.5. The van der Waals surface area contributed by atoms with Crippen LogP contribution in [0.3, 0.4) is 0 Å². The summed E-state index contributed by atoms with van der Waals surface area (Å²) < 4.78 is 17.9. The predicted octanol–water partition coefficient (Wildman–Crippen LogP) is 3.94. The van der Waals surface area contributed by atoms with E-state index in [2.05, 4.69) is 30.6 Å². The number of anilines is 4. The molecule has 0 bridgehead atoms. The van der Waals surface area contributed by atoms with Crippen molar-refractivity contribution in [2.45, 2.75) is 0 Å². The highest BCUT2D eigenvalue weighted by molar-refractivity contribution is 6.31. The van der Waals surface area contributed by atoms with Gasteiger partial charge in [0.2, 0.25) is 5.95 Å². The molecule has 2 aromatic carbocycles. The Balaban J connectivity index is 1.72. The highest BCUT2D eigenvalue weighted by Crippen LogP contribution is 2.22. The number of nitrogens with zero attached hydrogens (tertiary/aromatic N) is 3. The Morgan fingerprint density at radius 2 is 1.85 bits per heavy atom. The molecular weight excluding hydrogens is 361 g/mol. The molecule has 0 unspecified atom stereocenters. The van der Waals surface area contributed by atoms with Crippen LogP contribution in [0.4, 0.5) is 27.5 Å². The lowest BCUT2D eigenvalue weighted by Gasteiger charge is -2.08. The molecule has 0 amide bonds. The Kier molecular flexibility index (Phi) is 5.23. The number of carbonyl (C=O) groups excluding carboxylic acids is 1. The second-order valence-corrected chi connectivity index (χ2v) is 5.52. The summed E-state index contributed by atoms with van der Waals surface area (Å²) in [5.74, 6) is -0.280. The molecule has 0 saturated carbocycles. The van der Waals surface area contributed by atoms with E-state index in [-0.39, 0.29) is 11.0 Å². The Hall–Kier alpha value is -3.26. The maximum absolute atomic E-state index is 13.2. The minimum Gasteiger partial charge on any atom is -0.465 e. The van der Waals surface area contributed by atoms with E-state index in [9.17, 15) is 9.18 Å². The third kappa shape index (κ3) is 4.22. The predicted molar refractivity (Wildman–Crippen MR) is 95.6 cm³/mol. The number of nitrogens with one attached hydrogen (secondary N) is 2. The van der Waals surface area contributed by atoms with Crippen LogP contribution in [0, 0.1) is 5.82 Å². The molecule has 132 valence electrons. The zero-order valence-corrected chi connectivity index (χ0v) is 14.3. The van der Waals surface area contributed by atoms with Gasteiger partial charge in [-0.25, -0.2) is 9.18 Å². The van der Waals surface area contributed by atoms with E-state index in [4.69, 9.17) is 11.6 Å². The van der Waals surface area contributed by atoms with Crippen molar-refractivity contribution in [2.75, 3.05) is 17.7 Å². The molecule has 0 radical (unpaired) electrons. The number of hydrogen-bond donors (Lipinski definition) is 2. The van der Waals surface area contributed by atoms with E-state index in [1.54, 1.807) is 24.3 Å². The zero-order valence-electron chi connectivity index (χ0n) is 13.5. The van der Waals surface area contributed by atoms with Gasteiger partial charge in [-0.1, -0.05) is 11.6 Å². The number of ether oxygens (including phenoxy) is 1. The van der Waals surface area contributed by atoms with Crippen molar-refractivity contribution in [1.82, 2.24) is 15.2 Å². The standard InChI is InChI=1S/C17H13ClFN5O2/c1-26-16(25)10-2-4-11(5-3-10)21-15-9-20-24-17(23-15)22-12-6-7-14(19)13(18)8-12/h2-9H,1H3,(H2,21,22,23,24). The molecular formula is C17H13ClFN5O2. The van der Waals surface area contributed by atoms with Gasteiger partial charge in [-0.15, -0.1) is 5.10 Å². The lowest BCUT2D eigenvalue weighted by Crippen LogP contribution is -2.03. The molecule has 1 heterocycles. The fourth-order valence-electron chi connectivity index (χ4n) is 2.08. The van der Waals surface area contributed by atoms with E-state index in [1.807, 2.05) is 0 Å². The lowest BCUT2D eigenvalue weighted by molar-refractivity contribution is 0.0601. The average Bonchev–Trinajstić information content (AvgIpc) is 2.65. The van der Waals surface area contributed by atoms with Gasteiger partial charge in [0.25, 0.3) is 0 Å². The molecule has 0 aliphatic carbocycles. The lowest BCUT2D eigenvalue weighted by atomic mass is 10.2. The first-order valence-corrected chi connectivity index (χ1v) is 7.80. The summed E-state index contributed by atoms with van der Waals surface area (Å²) in [5, 5.41) is 13.6. The molecule has 0 atom stereocenters. The average molecular weight is 374 g/mol. The van der Waals surface area contributed by atoms with Gasteiger partial charge in [0, 0.05) is 11.4 Å². The molecule has 0 aliphatic rings. The van der Waals surface area contributed by atoms with E-state index >= 15 is 0 Å². The summed E-state index contributed by atoms with van der Waals surface area (Å²) in [5.41, 5.74) is 1.67. The van der Waals surface area contributed by atoms with Gasteiger partial charge < -0.3 is 15.4 Å². The monoisotopic (exact) mass is 373 g/mol. The van der Waals surface area contributed by atoms with Gasteiger partial charge in [0.05, 0.1) is 23.9 Å². The second-order valence-electron chi connectivity index (χ2n) is 5.11. The number of aromatic nitrogens is 3. The van der Waals surface area contributed by atoms with Crippen LogP contribution in [-0.4, -0.2) is 28.3 Å². The largest absolute Gasteiger partial charge is 0.465 e. The Labute approximate surface area is 153 Å². The van der Waals surface area contributed by atoms with Crippen LogP contribution >= 0.6 is 11.6 Å². The van der Waals surface area contributed by atoms with Gasteiger partial charge in [-0.2, -0.15) is 10.1 Å². The summed E-state index contributed by atoms with van der Waals surface area (Å²) in [6, 6.07) is 10.8. The molecule has 9 heteroatoms. The van der Waals surface area contributed by atoms with Crippen molar-refractivity contribution in [2.24, 2.45) is 0 Å². The molecule has 0 fully saturated rings. The van der Waals surface area contributed by atoms with E-state index in [0.717, 1.165) is 0 Å². The first kappa shape index (κ1) is 17.6. The number of benzene rings is 2. The van der Waals surface area contributed by atoms with Crippen LogP contribution in [0.25, 0.3) is 0 Å². The molecule has 0 aliphatic heterocycles. The Morgan fingerprint density at radius 1 is 1.12 bits per heavy atom. The van der Waals surface area contributed by atoms with Crippen molar-refractivity contribution >= 4 is 40.7 Å². The number of hydrogen-bond acceptors (Lipinski definition) is 7. The Bertz CT molecular complexity index is 937. The molecule has 0 saturated heterocycles. The van der Waals surface area contributed by atoms with Crippen molar-refractivity contribution in [3.05, 3.63) is 65.1 Å². The molecule has 3 rings (SSSR count). The first-order chi connectivity index (χ1) is 12.5. The fourth-order valence-corrected chi connectivity index (χ4v) is 2.26. The van der Waals surface area contributed by atoms with Crippen LogP contribution in [0.5, 0.6) is 0 Å². The van der Waals surface area contributed by atoms with Gasteiger partial charge in [-0.05, 0) is 42.5 Å². The molecule has 1 aromatic heterocycles. The minimum atomic E-state index is -0.512. The summed E-state index contributed by atoms with van der Waals surface area (Å²) >= 11 is 5.75. The molecule has 0 spiro atoms. The van der Waals surface area contributed by atoms with Gasteiger partial charge in [-0.3, -0.25) is 0 Å². The van der Waals surface area contributed by atoms with E-state index < -0.39 is 11.8 Å². The maximum atomic E-state index is 13.2. The van der Waals surface area contributed by atoms with Crippen LogP contribution in [0.2, 0.25) is 5.02 Å². The van der Waals surface area contributed by atoms with Gasteiger partial charge in [0.15, 0.2) is 5.82 Å². The number of rotatable bonds is 5. The van der Waals surface area contributed by atoms with Crippen LogP contribution in [-0.2, 0) is 4.74 Å². The second kappa shape index (κ2) is 7.75. The number of carbonyl (C=O) groups is 1. The van der Waals surface area contributed by atoms with E-state index in [1.165, 1.54) is 31.5 Å². The van der Waals surface area contributed by atoms with E-state index in [0.29, 0.717) is 22.8 Å². The summed E-state index contributed by atoms with van der Waals surface area (Å²) in [6.45, 7) is 0. The minimum absolute atomic E-state index is 0.0112. The van der Waals surface area contributed by atoms with Crippen LogP contribution in [0.15, 0.2) is 48.7 Å². The number of halogens is 2. The molecule has 3 aromatic rings. The molecule has 7 nitrogen and oxygen atoms in total. The van der Waals surface area contributed by atoms with Gasteiger partial charge in [0.1, 0.15) is 5.82 Å². The van der Waals surface area contributed by atoms with Crippen molar-refractivity contribution < 1.29 is 13.9 Å². The quantitative estimate of drug-likeness (QED) is 0.655. The third-order valence-corrected chi connectivity index (χ3v) is 3.60. The molecule has 2 N–H and O–H groups in total. The first-order valence-electron chi connectivity index (χ1n) is 7.42. The zero-order chi connectivity index (χ0) is 18.5. The van der Waals surface area contributed by atoms with Crippen molar-refractivity contribution in [3.8, 4) is 0 Å². The van der Waals surface area contributed by atoms with Crippen molar-refractivity contribution in [1.29, 1.82) is 0 Å². The van der Waals surface area contributed by atoms with Crippen LogP contribution in [0.1, 0.15) is 10.4 Å². The van der Waals surface area contributed by atoms with Crippen molar-refractivity contribution in [3.63, 3.8) is 0 Å². The fraction of sp³-hybridized carbons (Fsp3) is 0.0588. The smallest absolute Gasteiger partial charge is 0.337 e. The molecule has 26 heavy (non-hydrogen) atoms. The number of methoxy groups -OCH3 is 1.